The first-order valence-corrected chi connectivity index (χ1v) is 7.07. The summed E-state index contributed by atoms with van der Waals surface area (Å²) < 4.78 is 7.39. The van der Waals surface area contributed by atoms with E-state index >= 15 is 0 Å². The lowest BCUT2D eigenvalue weighted by Crippen LogP contribution is -2.08. The summed E-state index contributed by atoms with van der Waals surface area (Å²) in [4.78, 5) is 24.3. The highest BCUT2D eigenvalue weighted by molar-refractivity contribution is 9.11. The Balaban J connectivity index is 2.11. The van der Waals surface area contributed by atoms with Crippen LogP contribution in [0.25, 0.3) is 11.1 Å². The number of thiophene rings is 1. The second kappa shape index (κ2) is 4.47. The number of oxazole rings is 1. The fourth-order valence-electron chi connectivity index (χ4n) is 1.85. The van der Waals surface area contributed by atoms with Gasteiger partial charge in [0.05, 0.1) is 14.2 Å². The van der Waals surface area contributed by atoms with Crippen molar-refractivity contribution in [2.75, 3.05) is 0 Å². The van der Waals surface area contributed by atoms with Gasteiger partial charge in [0.25, 0.3) is 0 Å². The predicted molar refractivity (Wildman–Crippen MR) is 76.9 cm³/mol. The van der Waals surface area contributed by atoms with E-state index in [2.05, 4.69) is 15.9 Å². The maximum Gasteiger partial charge on any atom is 0.419 e. The van der Waals surface area contributed by atoms with Gasteiger partial charge in [-0.3, -0.25) is 9.36 Å². The van der Waals surface area contributed by atoms with Gasteiger partial charge in [-0.1, -0.05) is 0 Å². The quantitative estimate of drug-likeness (QED) is 0.675. The molecule has 0 saturated carbocycles. The molecule has 2 aromatic heterocycles. The zero-order chi connectivity index (χ0) is 13.6. The Hall–Kier alpha value is -1.66. The van der Waals surface area contributed by atoms with Gasteiger partial charge < -0.3 is 4.42 Å². The number of aryl methyl sites for hydroxylation is 1. The summed E-state index contributed by atoms with van der Waals surface area (Å²) in [5.74, 6) is -0.512. The average Bonchev–Trinajstić information content (AvgIpc) is 2.94. The minimum absolute atomic E-state index is 0.0795. The molecule has 0 saturated heterocycles. The normalized spacial score (nSPS) is 11.1. The first-order chi connectivity index (χ1) is 9.06. The molecule has 0 spiro atoms. The lowest BCUT2D eigenvalue weighted by molar-refractivity contribution is 0.104. The van der Waals surface area contributed by atoms with E-state index < -0.39 is 5.76 Å². The van der Waals surface area contributed by atoms with Crippen LogP contribution in [-0.2, 0) is 7.05 Å². The molecular formula is C13H8BrNO3S. The van der Waals surface area contributed by atoms with Gasteiger partial charge in [0.15, 0.2) is 5.58 Å². The number of fused-ring (bicyclic) bond motifs is 1. The molecule has 3 rings (SSSR count). The highest BCUT2D eigenvalue weighted by atomic mass is 79.9. The topological polar surface area (TPSA) is 52.2 Å². The molecule has 0 aliphatic carbocycles. The Labute approximate surface area is 120 Å². The molecule has 0 N–H and O–H groups in total. The third-order valence-corrected chi connectivity index (χ3v) is 4.47. The Bertz CT molecular complexity index is 843. The van der Waals surface area contributed by atoms with Crippen LogP contribution in [0.3, 0.4) is 0 Å². The first-order valence-electron chi connectivity index (χ1n) is 5.46. The van der Waals surface area contributed by atoms with E-state index in [0.29, 0.717) is 21.5 Å². The summed E-state index contributed by atoms with van der Waals surface area (Å²) in [7, 11) is 1.63. The number of carbonyl (C=O) groups excluding carboxylic acids is 1. The molecule has 4 nitrogen and oxygen atoms in total. The second-order valence-corrected chi connectivity index (χ2v) is 6.51. The van der Waals surface area contributed by atoms with E-state index in [4.69, 9.17) is 4.42 Å². The maximum atomic E-state index is 12.3. The Morgan fingerprint density at radius 1 is 1.32 bits per heavy atom. The second-order valence-electron chi connectivity index (χ2n) is 4.04. The molecule has 0 bridgehead atoms. The minimum Gasteiger partial charge on any atom is -0.408 e. The third-order valence-electron chi connectivity index (χ3n) is 2.85. The van der Waals surface area contributed by atoms with E-state index in [9.17, 15) is 9.59 Å². The summed E-state index contributed by atoms with van der Waals surface area (Å²) >= 11 is 4.70. The molecule has 0 atom stereocenters. The molecule has 0 amide bonds. The number of halogens is 1. The van der Waals surface area contributed by atoms with Crippen LogP contribution in [-0.4, -0.2) is 10.4 Å². The number of nitrogens with zero attached hydrogens (tertiary/aromatic N) is 1. The van der Waals surface area contributed by atoms with Crippen LogP contribution in [0.15, 0.2) is 43.3 Å². The van der Waals surface area contributed by atoms with Crippen molar-refractivity contribution in [2.24, 2.45) is 7.05 Å². The van der Waals surface area contributed by atoms with E-state index in [0.717, 1.165) is 3.79 Å². The lowest BCUT2D eigenvalue weighted by Gasteiger charge is -1.98. The summed E-state index contributed by atoms with van der Waals surface area (Å²) in [5, 5.41) is 0. The summed E-state index contributed by atoms with van der Waals surface area (Å²) in [6.07, 6.45) is 0. The Kier molecular flexibility index (Phi) is 2.91. The van der Waals surface area contributed by atoms with Crippen molar-refractivity contribution in [3.05, 3.63) is 55.1 Å². The third kappa shape index (κ3) is 2.06. The highest BCUT2D eigenvalue weighted by Gasteiger charge is 2.14. The largest absolute Gasteiger partial charge is 0.419 e. The van der Waals surface area contributed by atoms with E-state index in [-0.39, 0.29) is 5.78 Å². The van der Waals surface area contributed by atoms with Crippen LogP contribution in [0.2, 0.25) is 0 Å². The molecule has 0 aliphatic rings. The molecule has 96 valence electrons. The van der Waals surface area contributed by atoms with E-state index in [1.54, 1.807) is 31.3 Å². The van der Waals surface area contributed by atoms with Crippen LogP contribution >= 0.6 is 27.3 Å². The van der Waals surface area contributed by atoms with Gasteiger partial charge >= 0.3 is 5.76 Å². The highest BCUT2D eigenvalue weighted by Crippen LogP contribution is 2.25. The molecule has 19 heavy (non-hydrogen) atoms. The van der Waals surface area contributed by atoms with Crippen LogP contribution in [0.1, 0.15) is 15.2 Å². The van der Waals surface area contributed by atoms with Crippen molar-refractivity contribution in [2.45, 2.75) is 0 Å². The fraction of sp³-hybridized carbons (Fsp3) is 0.0769. The molecule has 3 aromatic rings. The number of ketones is 1. The zero-order valence-electron chi connectivity index (χ0n) is 9.84. The number of hydrogen-bond donors (Lipinski definition) is 0. The van der Waals surface area contributed by atoms with Crippen molar-refractivity contribution in [3.8, 4) is 0 Å². The monoisotopic (exact) mass is 337 g/mol. The fourth-order valence-corrected chi connectivity index (χ4v) is 3.20. The van der Waals surface area contributed by atoms with E-state index in [1.165, 1.54) is 15.9 Å². The van der Waals surface area contributed by atoms with Gasteiger partial charge in [0.1, 0.15) is 0 Å². The molecule has 0 radical (unpaired) electrons. The smallest absolute Gasteiger partial charge is 0.408 e. The van der Waals surface area contributed by atoms with Gasteiger partial charge in [-0.05, 0) is 46.3 Å². The van der Waals surface area contributed by atoms with Crippen molar-refractivity contribution in [1.82, 2.24) is 4.57 Å². The Morgan fingerprint density at radius 3 is 2.79 bits per heavy atom. The number of benzene rings is 1. The average molecular weight is 338 g/mol. The summed E-state index contributed by atoms with van der Waals surface area (Å²) in [6.45, 7) is 0. The maximum absolute atomic E-state index is 12.3. The zero-order valence-corrected chi connectivity index (χ0v) is 12.2. The number of carbonyl (C=O) groups is 1. The summed E-state index contributed by atoms with van der Waals surface area (Å²) in [6, 6.07) is 8.62. The molecule has 0 unspecified atom stereocenters. The van der Waals surface area contributed by atoms with Crippen LogP contribution in [0, 0.1) is 0 Å². The van der Waals surface area contributed by atoms with Crippen LogP contribution < -0.4 is 5.76 Å². The Morgan fingerprint density at radius 2 is 2.11 bits per heavy atom. The standard InChI is InChI=1S/C13H8BrNO3S/c1-15-8-3-2-7(6-9(8)18-13(15)17)12(16)10-4-5-11(14)19-10/h2-6H,1H3. The van der Waals surface area contributed by atoms with Gasteiger partial charge in [0.2, 0.25) is 5.78 Å². The molecule has 1 aromatic carbocycles. The minimum atomic E-state index is -0.432. The first kappa shape index (κ1) is 12.4. The van der Waals surface area contributed by atoms with Gasteiger partial charge in [-0.25, -0.2) is 4.79 Å². The van der Waals surface area contributed by atoms with E-state index in [1.807, 2.05) is 6.07 Å². The number of aromatic nitrogens is 1. The van der Waals surface area contributed by atoms with Crippen molar-refractivity contribution in [3.63, 3.8) is 0 Å². The molecule has 2 heterocycles. The number of hydrogen-bond acceptors (Lipinski definition) is 4. The van der Waals surface area contributed by atoms with Crippen molar-refractivity contribution in [1.29, 1.82) is 0 Å². The van der Waals surface area contributed by atoms with Gasteiger partial charge in [-0.2, -0.15) is 0 Å². The van der Waals surface area contributed by atoms with Gasteiger partial charge in [0, 0.05) is 12.6 Å². The SMILES string of the molecule is Cn1c(=O)oc2cc(C(=O)c3ccc(Br)s3)ccc21. The van der Waals surface area contributed by atoms with Crippen LogP contribution in [0.5, 0.6) is 0 Å². The molecular weight excluding hydrogens is 330 g/mol. The van der Waals surface area contributed by atoms with Crippen molar-refractivity contribution >= 4 is 44.1 Å². The predicted octanol–water partition coefficient (Wildman–Crippen LogP) is 3.19. The number of rotatable bonds is 2. The summed E-state index contributed by atoms with van der Waals surface area (Å²) in [5.41, 5.74) is 1.61. The lowest BCUT2D eigenvalue weighted by atomic mass is 10.1. The van der Waals surface area contributed by atoms with Crippen molar-refractivity contribution < 1.29 is 9.21 Å². The van der Waals surface area contributed by atoms with Crippen LogP contribution in [0.4, 0.5) is 0 Å². The van der Waals surface area contributed by atoms with Gasteiger partial charge in [-0.15, -0.1) is 11.3 Å². The molecule has 0 fully saturated rings. The molecule has 0 aliphatic heterocycles. The molecule has 6 heteroatoms.